The number of anilines is 1. The fourth-order valence-electron chi connectivity index (χ4n) is 2.46. The third kappa shape index (κ3) is 3.06. The fraction of sp³-hybridized carbons (Fsp3) is 0.571. The van der Waals surface area contributed by atoms with Crippen molar-refractivity contribution < 1.29 is 18.3 Å². The van der Waals surface area contributed by atoms with Gasteiger partial charge in [0.05, 0.1) is 11.8 Å². The summed E-state index contributed by atoms with van der Waals surface area (Å²) in [6.45, 7) is 5.60. The van der Waals surface area contributed by atoms with Gasteiger partial charge in [0.15, 0.2) is 0 Å². The van der Waals surface area contributed by atoms with Gasteiger partial charge in [-0.25, -0.2) is 13.1 Å². The number of ether oxygens (including phenoxy) is 1. The summed E-state index contributed by atoms with van der Waals surface area (Å²) in [5.41, 5.74) is 6.30. The maximum absolute atomic E-state index is 12.5. The van der Waals surface area contributed by atoms with Crippen LogP contribution >= 0.6 is 0 Å². The van der Waals surface area contributed by atoms with Gasteiger partial charge in [0, 0.05) is 19.6 Å². The van der Waals surface area contributed by atoms with E-state index in [1.54, 1.807) is 26.0 Å². The largest absolute Gasteiger partial charge is 0.398 e. The SMILES string of the molecule is Cc1ccc(N)c(S(=O)(=O)NCC2(O)CCOC2C)c1C. The van der Waals surface area contributed by atoms with E-state index in [9.17, 15) is 13.5 Å². The molecule has 7 heteroatoms. The fourth-order valence-corrected chi connectivity index (χ4v) is 3.99. The molecule has 1 aliphatic rings. The second-order valence-electron chi connectivity index (χ2n) is 5.62. The average molecular weight is 314 g/mol. The van der Waals surface area contributed by atoms with Crippen LogP contribution in [0.4, 0.5) is 5.69 Å². The van der Waals surface area contributed by atoms with Gasteiger partial charge in [0.25, 0.3) is 0 Å². The molecule has 2 rings (SSSR count). The number of nitrogen functional groups attached to an aromatic ring is 1. The first-order valence-corrected chi connectivity index (χ1v) is 8.35. The van der Waals surface area contributed by atoms with Crippen LogP contribution in [0.3, 0.4) is 0 Å². The molecule has 0 aliphatic carbocycles. The third-order valence-electron chi connectivity index (χ3n) is 4.20. The van der Waals surface area contributed by atoms with Crippen molar-refractivity contribution in [2.45, 2.75) is 43.8 Å². The van der Waals surface area contributed by atoms with Crippen LogP contribution in [0, 0.1) is 13.8 Å². The molecular weight excluding hydrogens is 292 g/mol. The zero-order valence-electron chi connectivity index (χ0n) is 12.5. The Bertz CT molecular complexity index is 645. The van der Waals surface area contributed by atoms with Crippen molar-refractivity contribution in [3.05, 3.63) is 23.3 Å². The molecule has 21 heavy (non-hydrogen) atoms. The van der Waals surface area contributed by atoms with Crippen molar-refractivity contribution in [1.29, 1.82) is 0 Å². The summed E-state index contributed by atoms with van der Waals surface area (Å²) in [6.07, 6.45) is -0.00459. The Morgan fingerprint density at radius 2 is 2.14 bits per heavy atom. The minimum Gasteiger partial charge on any atom is -0.398 e. The Morgan fingerprint density at radius 1 is 1.48 bits per heavy atom. The monoisotopic (exact) mass is 314 g/mol. The van der Waals surface area contributed by atoms with E-state index >= 15 is 0 Å². The summed E-state index contributed by atoms with van der Waals surface area (Å²) in [5.74, 6) is 0. The molecule has 2 unspecified atom stereocenters. The highest BCUT2D eigenvalue weighted by molar-refractivity contribution is 7.89. The predicted octanol–water partition coefficient (Wildman–Crippen LogP) is 0.704. The van der Waals surface area contributed by atoms with Gasteiger partial charge in [-0.1, -0.05) is 6.07 Å². The van der Waals surface area contributed by atoms with Crippen molar-refractivity contribution in [2.24, 2.45) is 0 Å². The molecular formula is C14H22N2O4S. The zero-order chi connectivity index (χ0) is 15.8. The van der Waals surface area contributed by atoms with Crippen molar-refractivity contribution >= 4 is 15.7 Å². The number of nitrogens with one attached hydrogen (secondary N) is 1. The summed E-state index contributed by atoms with van der Waals surface area (Å²) in [5, 5.41) is 10.4. The number of hydrogen-bond acceptors (Lipinski definition) is 5. The number of sulfonamides is 1. The molecule has 0 spiro atoms. The van der Waals surface area contributed by atoms with Crippen LogP contribution in [-0.4, -0.2) is 38.4 Å². The zero-order valence-corrected chi connectivity index (χ0v) is 13.3. The molecule has 2 atom stereocenters. The molecule has 1 saturated heterocycles. The minimum atomic E-state index is -3.78. The third-order valence-corrected chi connectivity index (χ3v) is 5.81. The lowest BCUT2D eigenvalue weighted by Crippen LogP contribution is -2.47. The van der Waals surface area contributed by atoms with Crippen molar-refractivity contribution in [2.75, 3.05) is 18.9 Å². The maximum atomic E-state index is 12.5. The van der Waals surface area contributed by atoms with Crippen molar-refractivity contribution in [3.63, 3.8) is 0 Å². The lowest BCUT2D eigenvalue weighted by molar-refractivity contribution is -0.0228. The van der Waals surface area contributed by atoms with Crippen molar-refractivity contribution in [1.82, 2.24) is 4.72 Å². The number of rotatable bonds is 4. The molecule has 6 nitrogen and oxygen atoms in total. The van der Waals surface area contributed by atoms with E-state index in [4.69, 9.17) is 10.5 Å². The molecule has 1 aromatic carbocycles. The smallest absolute Gasteiger partial charge is 0.242 e. The van der Waals surface area contributed by atoms with Crippen LogP contribution in [0.2, 0.25) is 0 Å². The number of nitrogens with two attached hydrogens (primary N) is 1. The number of benzene rings is 1. The number of hydrogen-bond donors (Lipinski definition) is 3. The minimum absolute atomic E-state index is 0.0812. The quantitative estimate of drug-likeness (QED) is 0.710. The van der Waals surface area contributed by atoms with E-state index in [2.05, 4.69) is 4.72 Å². The van der Waals surface area contributed by atoms with Gasteiger partial charge in [0.1, 0.15) is 10.5 Å². The van der Waals surface area contributed by atoms with Crippen LogP contribution in [-0.2, 0) is 14.8 Å². The van der Waals surface area contributed by atoms with Gasteiger partial charge >= 0.3 is 0 Å². The van der Waals surface area contributed by atoms with Crippen LogP contribution in [0.5, 0.6) is 0 Å². The molecule has 0 bridgehead atoms. The maximum Gasteiger partial charge on any atom is 0.242 e. The second kappa shape index (κ2) is 5.57. The molecule has 1 heterocycles. The molecule has 1 aliphatic heterocycles. The first-order chi connectivity index (χ1) is 9.67. The highest BCUT2D eigenvalue weighted by Crippen LogP contribution is 2.28. The average Bonchev–Trinajstić information content (AvgIpc) is 2.73. The Labute approximate surface area is 125 Å². The number of aliphatic hydroxyl groups is 1. The Hall–Kier alpha value is -1.15. The highest BCUT2D eigenvalue weighted by atomic mass is 32.2. The Morgan fingerprint density at radius 3 is 2.71 bits per heavy atom. The van der Waals surface area contributed by atoms with Gasteiger partial charge in [-0.15, -0.1) is 0 Å². The molecule has 4 N–H and O–H groups in total. The van der Waals surface area contributed by atoms with E-state index in [1.165, 1.54) is 0 Å². The van der Waals surface area contributed by atoms with E-state index in [-0.39, 0.29) is 17.1 Å². The predicted molar refractivity (Wildman–Crippen MR) is 80.5 cm³/mol. The first kappa shape index (κ1) is 16.2. The van der Waals surface area contributed by atoms with Crippen molar-refractivity contribution in [3.8, 4) is 0 Å². The highest BCUT2D eigenvalue weighted by Gasteiger charge is 2.40. The molecule has 0 amide bonds. The van der Waals surface area contributed by atoms with E-state index < -0.39 is 21.7 Å². The second-order valence-corrected chi connectivity index (χ2v) is 7.32. The molecule has 0 saturated carbocycles. The summed E-state index contributed by atoms with van der Waals surface area (Å²) in [7, 11) is -3.78. The van der Waals surface area contributed by atoms with Crippen LogP contribution < -0.4 is 10.5 Å². The summed E-state index contributed by atoms with van der Waals surface area (Å²) in [4.78, 5) is 0.0812. The molecule has 1 fully saturated rings. The van der Waals surface area contributed by atoms with Gasteiger partial charge in [-0.2, -0.15) is 0 Å². The summed E-state index contributed by atoms with van der Waals surface area (Å²) >= 11 is 0. The molecule has 118 valence electrons. The summed E-state index contributed by atoms with van der Waals surface area (Å²) in [6, 6.07) is 3.36. The van der Waals surface area contributed by atoms with Gasteiger partial charge in [-0.3, -0.25) is 0 Å². The standard InChI is InChI=1S/C14H22N2O4S/c1-9-4-5-12(15)13(10(9)2)21(18,19)16-8-14(17)6-7-20-11(14)3/h4-5,11,16-17H,6-8,15H2,1-3H3. The normalized spacial score (nSPS) is 26.2. The van der Waals surface area contributed by atoms with Gasteiger partial charge in [0.2, 0.25) is 10.0 Å². The van der Waals surface area contributed by atoms with Gasteiger partial charge < -0.3 is 15.6 Å². The first-order valence-electron chi connectivity index (χ1n) is 6.87. The lowest BCUT2D eigenvalue weighted by atomic mass is 9.97. The van der Waals surface area contributed by atoms with E-state index in [0.717, 1.165) is 5.56 Å². The van der Waals surface area contributed by atoms with E-state index in [1.807, 2.05) is 6.92 Å². The Kier molecular flexibility index (Phi) is 4.30. The number of aryl methyl sites for hydroxylation is 1. The molecule has 0 aromatic heterocycles. The summed E-state index contributed by atoms with van der Waals surface area (Å²) < 4.78 is 32.7. The van der Waals surface area contributed by atoms with E-state index in [0.29, 0.717) is 18.6 Å². The van der Waals surface area contributed by atoms with Crippen LogP contribution in [0.15, 0.2) is 17.0 Å². The van der Waals surface area contributed by atoms with Gasteiger partial charge in [-0.05, 0) is 38.0 Å². The molecule has 1 aromatic rings. The topological polar surface area (TPSA) is 102 Å². The Balaban J connectivity index is 2.26. The molecule has 0 radical (unpaired) electrons. The lowest BCUT2D eigenvalue weighted by Gasteiger charge is -2.26. The van der Waals surface area contributed by atoms with Crippen LogP contribution in [0.25, 0.3) is 0 Å². The van der Waals surface area contributed by atoms with Crippen LogP contribution in [0.1, 0.15) is 24.5 Å².